The normalized spacial score (nSPS) is 17.0. The number of ether oxygens (including phenoxy) is 1. The zero-order chi connectivity index (χ0) is 17.9. The first kappa shape index (κ1) is 17.0. The molecule has 0 unspecified atom stereocenters. The van der Waals surface area contributed by atoms with Crippen molar-refractivity contribution < 1.29 is 13.9 Å². The number of allylic oxidation sites excluding steroid dienone is 2. The van der Waals surface area contributed by atoms with Crippen LogP contribution in [0, 0.1) is 5.92 Å². The molecule has 0 bridgehead atoms. The summed E-state index contributed by atoms with van der Waals surface area (Å²) in [7, 11) is 0. The number of hydrogen-bond acceptors (Lipinski definition) is 5. The summed E-state index contributed by atoms with van der Waals surface area (Å²) in [4.78, 5) is 19.1. The lowest BCUT2D eigenvalue weighted by Gasteiger charge is -2.30. The van der Waals surface area contributed by atoms with E-state index in [-0.39, 0.29) is 11.8 Å². The first-order valence-corrected chi connectivity index (χ1v) is 9.26. The molecule has 7 nitrogen and oxygen atoms in total. The zero-order valence-corrected chi connectivity index (χ0v) is 15.1. The maximum absolute atomic E-state index is 12.8. The van der Waals surface area contributed by atoms with Crippen LogP contribution in [0.5, 0.6) is 0 Å². The Hall–Kier alpha value is -2.41. The van der Waals surface area contributed by atoms with Crippen molar-refractivity contribution >= 4 is 5.91 Å². The molecule has 1 amide bonds. The Morgan fingerprint density at radius 3 is 2.96 bits per heavy atom. The summed E-state index contributed by atoms with van der Waals surface area (Å²) >= 11 is 0. The number of fused-ring (bicyclic) bond motifs is 1. The van der Waals surface area contributed by atoms with Gasteiger partial charge in [0, 0.05) is 43.3 Å². The highest BCUT2D eigenvalue weighted by atomic mass is 16.5. The fraction of sp³-hybridized carbons (Fsp3) is 0.526. The van der Waals surface area contributed by atoms with E-state index in [0.29, 0.717) is 32.0 Å². The van der Waals surface area contributed by atoms with Crippen LogP contribution in [0.3, 0.4) is 0 Å². The van der Waals surface area contributed by atoms with Crippen molar-refractivity contribution in [1.29, 1.82) is 0 Å². The Balaban J connectivity index is 1.60. The first-order valence-electron chi connectivity index (χ1n) is 9.26. The number of amides is 1. The highest BCUT2D eigenvalue weighted by molar-refractivity contribution is 5.80. The summed E-state index contributed by atoms with van der Waals surface area (Å²) in [6.45, 7) is 5.33. The van der Waals surface area contributed by atoms with E-state index < -0.39 is 0 Å². The number of oxazole rings is 1. The molecule has 0 saturated carbocycles. The maximum Gasteiger partial charge on any atom is 0.226 e. The average molecular weight is 356 g/mol. The predicted octanol–water partition coefficient (Wildman–Crippen LogP) is 2.43. The molecule has 1 aliphatic carbocycles. The average Bonchev–Trinajstić information content (AvgIpc) is 3.41. The molecule has 0 aromatic carbocycles. The smallest absolute Gasteiger partial charge is 0.226 e. The van der Waals surface area contributed by atoms with Gasteiger partial charge in [-0.3, -0.25) is 9.48 Å². The molecule has 7 heteroatoms. The minimum absolute atomic E-state index is 0.0973. The van der Waals surface area contributed by atoms with E-state index in [0.717, 1.165) is 37.1 Å². The number of carbonyl (C=O) groups excluding carboxylic acids is 1. The second kappa shape index (κ2) is 7.45. The van der Waals surface area contributed by atoms with Gasteiger partial charge in [0.1, 0.15) is 17.7 Å². The van der Waals surface area contributed by atoms with Gasteiger partial charge in [-0.1, -0.05) is 12.2 Å². The molecular weight excluding hydrogens is 332 g/mol. The molecule has 2 aromatic heterocycles. The van der Waals surface area contributed by atoms with Gasteiger partial charge in [-0.2, -0.15) is 5.10 Å². The van der Waals surface area contributed by atoms with E-state index in [1.54, 1.807) is 6.26 Å². The third-order valence-electron chi connectivity index (χ3n) is 5.13. The molecule has 0 N–H and O–H groups in total. The molecule has 4 rings (SSSR count). The molecule has 138 valence electrons. The van der Waals surface area contributed by atoms with Crippen LogP contribution >= 0.6 is 0 Å². The molecule has 0 atom stereocenters. The van der Waals surface area contributed by atoms with Gasteiger partial charge in [-0.25, -0.2) is 4.98 Å². The molecule has 0 fully saturated rings. The Labute approximate surface area is 152 Å². The fourth-order valence-electron chi connectivity index (χ4n) is 3.77. The third-order valence-corrected chi connectivity index (χ3v) is 5.13. The van der Waals surface area contributed by atoms with Gasteiger partial charge in [0.05, 0.1) is 13.2 Å². The molecule has 0 spiro atoms. The second-order valence-corrected chi connectivity index (χ2v) is 6.72. The standard InChI is InChI=1S/C19H24N4O3/c1-2-25-10-9-23-17-7-8-22(19(24)14-5-3-4-6-14)11-15(17)18(21-23)16-12-26-13-20-16/h3-4,12-14H,2,5-11H2,1H3. The molecule has 0 saturated heterocycles. The monoisotopic (exact) mass is 356 g/mol. The number of carbonyl (C=O) groups is 1. The number of aromatic nitrogens is 3. The van der Waals surface area contributed by atoms with Crippen molar-refractivity contribution in [2.24, 2.45) is 5.92 Å². The number of rotatable bonds is 6. The van der Waals surface area contributed by atoms with Crippen molar-refractivity contribution in [2.75, 3.05) is 19.8 Å². The maximum atomic E-state index is 12.8. The SMILES string of the molecule is CCOCCn1nc(-c2cocn2)c2c1CCN(C(=O)C1CC=CC1)C2. The lowest BCUT2D eigenvalue weighted by molar-refractivity contribution is -0.136. The van der Waals surface area contributed by atoms with Crippen molar-refractivity contribution in [2.45, 2.75) is 39.3 Å². The van der Waals surface area contributed by atoms with Gasteiger partial charge in [0.25, 0.3) is 0 Å². The Morgan fingerprint density at radius 1 is 1.38 bits per heavy atom. The lowest BCUT2D eigenvalue weighted by Crippen LogP contribution is -2.39. The molecular formula is C19H24N4O3. The van der Waals surface area contributed by atoms with Gasteiger partial charge < -0.3 is 14.1 Å². The van der Waals surface area contributed by atoms with Crippen LogP contribution in [-0.2, 0) is 29.0 Å². The molecule has 2 aromatic rings. The van der Waals surface area contributed by atoms with Crippen LogP contribution in [0.15, 0.2) is 29.2 Å². The van der Waals surface area contributed by atoms with E-state index in [1.165, 1.54) is 12.1 Å². The van der Waals surface area contributed by atoms with E-state index >= 15 is 0 Å². The third kappa shape index (κ3) is 3.19. The van der Waals surface area contributed by atoms with E-state index in [9.17, 15) is 4.79 Å². The van der Waals surface area contributed by atoms with Gasteiger partial charge in [-0.05, 0) is 19.8 Å². The molecule has 1 aliphatic heterocycles. The van der Waals surface area contributed by atoms with Crippen molar-refractivity contribution in [1.82, 2.24) is 19.7 Å². The topological polar surface area (TPSA) is 73.4 Å². The van der Waals surface area contributed by atoms with Crippen LogP contribution in [0.25, 0.3) is 11.4 Å². The Morgan fingerprint density at radius 2 is 2.23 bits per heavy atom. The summed E-state index contributed by atoms with van der Waals surface area (Å²) in [6.07, 6.45) is 9.74. The molecule has 0 radical (unpaired) electrons. The van der Waals surface area contributed by atoms with Crippen molar-refractivity contribution in [3.05, 3.63) is 36.1 Å². The van der Waals surface area contributed by atoms with Crippen LogP contribution in [-0.4, -0.2) is 45.3 Å². The first-order chi connectivity index (χ1) is 12.8. The van der Waals surface area contributed by atoms with E-state index in [1.807, 2.05) is 16.5 Å². The number of hydrogen-bond donors (Lipinski definition) is 0. The van der Waals surface area contributed by atoms with Gasteiger partial charge in [0.2, 0.25) is 5.91 Å². The largest absolute Gasteiger partial charge is 0.451 e. The molecule has 2 aliphatic rings. The summed E-state index contributed by atoms with van der Waals surface area (Å²) in [5.41, 5.74) is 3.79. The van der Waals surface area contributed by atoms with Gasteiger partial charge >= 0.3 is 0 Å². The zero-order valence-electron chi connectivity index (χ0n) is 15.1. The van der Waals surface area contributed by atoms with Crippen molar-refractivity contribution in [3.8, 4) is 11.4 Å². The van der Waals surface area contributed by atoms with Crippen molar-refractivity contribution in [3.63, 3.8) is 0 Å². The summed E-state index contributed by atoms with van der Waals surface area (Å²) in [5, 5.41) is 4.76. The van der Waals surface area contributed by atoms with Gasteiger partial charge in [-0.15, -0.1) is 0 Å². The van der Waals surface area contributed by atoms with E-state index in [4.69, 9.17) is 14.3 Å². The van der Waals surface area contributed by atoms with Crippen LogP contribution in [0.4, 0.5) is 0 Å². The number of nitrogens with zero attached hydrogens (tertiary/aromatic N) is 4. The van der Waals surface area contributed by atoms with E-state index in [2.05, 4.69) is 17.1 Å². The predicted molar refractivity (Wildman–Crippen MR) is 95.2 cm³/mol. The summed E-state index contributed by atoms with van der Waals surface area (Å²) in [6, 6.07) is 0. The molecule has 26 heavy (non-hydrogen) atoms. The summed E-state index contributed by atoms with van der Waals surface area (Å²) in [5.74, 6) is 0.342. The van der Waals surface area contributed by atoms with Crippen LogP contribution in [0.1, 0.15) is 31.0 Å². The fourth-order valence-corrected chi connectivity index (χ4v) is 3.77. The highest BCUT2D eigenvalue weighted by Gasteiger charge is 2.31. The van der Waals surface area contributed by atoms with Crippen LogP contribution < -0.4 is 0 Å². The highest BCUT2D eigenvalue weighted by Crippen LogP contribution is 2.31. The van der Waals surface area contributed by atoms with Gasteiger partial charge in [0.15, 0.2) is 6.39 Å². The minimum Gasteiger partial charge on any atom is -0.451 e. The second-order valence-electron chi connectivity index (χ2n) is 6.72. The Kier molecular flexibility index (Phi) is 4.88. The minimum atomic E-state index is 0.0973. The lowest BCUT2D eigenvalue weighted by atomic mass is 10.00. The van der Waals surface area contributed by atoms with Crippen LogP contribution in [0.2, 0.25) is 0 Å². The molecule has 3 heterocycles. The summed E-state index contributed by atoms with van der Waals surface area (Å²) < 4.78 is 12.6. The quantitative estimate of drug-likeness (QED) is 0.587. The Bertz CT molecular complexity index is 786.